The molecular formula is C53H88O22. The Bertz CT molecular complexity index is 2010. The molecule has 0 aromatic carbocycles. The minimum Gasteiger partial charge on any atom is -0.394 e. The lowest BCUT2D eigenvalue weighted by Gasteiger charge is -2.72. The zero-order valence-electron chi connectivity index (χ0n) is 44.4. The van der Waals surface area contributed by atoms with E-state index in [9.17, 15) is 71.5 Å². The van der Waals surface area contributed by atoms with E-state index < -0.39 is 165 Å². The molecule has 2 unspecified atom stereocenters. The van der Waals surface area contributed by atoms with Crippen LogP contribution in [0.1, 0.15) is 106 Å². The molecule has 4 aliphatic heterocycles. The summed E-state index contributed by atoms with van der Waals surface area (Å²) in [6, 6.07) is 0. The molecule has 0 amide bonds. The first kappa shape index (κ1) is 58.5. The number of hydrogen-bond donors (Lipinski definition) is 14. The van der Waals surface area contributed by atoms with E-state index in [4.69, 9.17) is 37.9 Å². The van der Waals surface area contributed by atoms with Crippen LogP contribution in [-0.4, -0.2) is 233 Å². The number of rotatable bonds is 12. The Morgan fingerprint density at radius 2 is 1.09 bits per heavy atom. The summed E-state index contributed by atoms with van der Waals surface area (Å²) >= 11 is 0. The van der Waals surface area contributed by atoms with Gasteiger partial charge >= 0.3 is 0 Å². The molecule has 0 aromatic rings. The zero-order chi connectivity index (χ0) is 54.7. The molecule has 75 heavy (non-hydrogen) atoms. The van der Waals surface area contributed by atoms with Crippen LogP contribution in [0, 0.1) is 50.2 Å². The molecule has 0 radical (unpaired) electrons. The smallest absolute Gasteiger partial charge is 0.186 e. The predicted molar refractivity (Wildman–Crippen MR) is 258 cm³/mol. The van der Waals surface area contributed by atoms with Crippen molar-refractivity contribution in [3.63, 3.8) is 0 Å². The highest BCUT2D eigenvalue weighted by molar-refractivity contribution is 5.35. The molecule has 28 atom stereocenters. The maximum Gasteiger partial charge on any atom is 0.186 e. The van der Waals surface area contributed by atoms with Gasteiger partial charge in [0, 0.05) is 5.41 Å². The second kappa shape index (κ2) is 21.3. The lowest BCUT2D eigenvalue weighted by molar-refractivity contribution is -0.348. The quantitative estimate of drug-likeness (QED) is 0.0746. The Morgan fingerprint density at radius 3 is 1.72 bits per heavy atom. The Balaban J connectivity index is 0.876. The average molecular weight is 1080 g/mol. The average Bonchev–Trinajstić information content (AvgIpc) is 3.37. The lowest BCUT2D eigenvalue weighted by atomic mass is 9.33. The summed E-state index contributed by atoms with van der Waals surface area (Å²) in [6.07, 6.45) is -21.2. The topological polar surface area (TPSA) is 357 Å². The molecule has 0 bridgehead atoms. The summed E-state index contributed by atoms with van der Waals surface area (Å²) in [5, 5.41) is 150. The molecule has 4 saturated carbocycles. The van der Waals surface area contributed by atoms with Crippen molar-refractivity contribution >= 4 is 0 Å². The van der Waals surface area contributed by atoms with E-state index in [1.165, 1.54) is 5.57 Å². The fourth-order valence-corrected chi connectivity index (χ4v) is 16.2. The van der Waals surface area contributed by atoms with Gasteiger partial charge in [-0.2, -0.15) is 0 Å². The van der Waals surface area contributed by atoms with Gasteiger partial charge in [-0.1, -0.05) is 60.1 Å². The fourth-order valence-electron chi connectivity index (χ4n) is 16.2. The van der Waals surface area contributed by atoms with Crippen LogP contribution in [0.2, 0.25) is 0 Å². The largest absolute Gasteiger partial charge is 0.394 e. The second-order valence-corrected chi connectivity index (χ2v) is 26.1. The van der Waals surface area contributed by atoms with E-state index in [2.05, 4.69) is 54.5 Å². The van der Waals surface area contributed by atoms with Crippen molar-refractivity contribution in [1.82, 2.24) is 0 Å². The summed E-state index contributed by atoms with van der Waals surface area (Å²) in [5.41, 5.74) is -0.719. The first-order valence-corrected chi connectivity index (χ1v) is 27.3. The third-order valence-corrected chi connectivity index (χ3v) is 21.1. The van der Waals surface area contributed by atoms with Crippen LogP contribution in [0.3, 0.4) is 0 Å². The van der Waals surface area contributed by atoms with E-state index in [0.29, 0.717) is 19.3 Å². The van der Waals surface area contributed by atoms with E-state index >= 15 is 0 Å². The Morgan fingerprint density at radius 1 is 0.547 bits per heavy atom. The van der Waals surface area contributed by atoms with Crippen LogP contribution in [-0.2, 0) is 37.9 Å². The second-order valence-electron chi connectivity index (χ2n) is 26.1. The number of aliphatic hydroxyl groups excluding tert-OH is 14. The summed E-state index contributed by atoms with van der Waals surface area (Å²) in [6.45, 7) is 14.1. The molecule has 22 heteroatoms. The van der Waals surface area contributed by atoms with Crippen LogP contribution in [0.5, 0.6) is 0 Å². The number of fused-ring (bicyclic) bond motifs is 7. The molecule has 9 rings (SSSR count). The Labute approximate surface area is 438 Å². The fraction of sp³-hybridized carbons (Fsp3) is 0.962. The minimum absolute atomic E-state index is 0.0337. The van der Waals surface area contributed by atoms with Gasteiger partial charge in [-0.05, 0) is 103 Å². The highest BCUT2D eigenvalue weighted by atomic mass is 16.7. The summed E-state index contributed by atoms with van der Waals surface area (Å²) in [4.78, 5) is 0. The maximum absolute atomic E-state index is 12.7. The lowest BCUT2D eigenvalue weighted by Crippen LogP contribution is -2.67. The van der Waals surface area contributed by atoms with Crippen molar-refractivity contribution < 1.29 is 109 Å². The monoisotopic (exact) mass is 1080 g/mol. The molecule has 14 N–H and O–H groups in total. The van der Waals surface area contributed by atoms with E-state index in [-0.39, 0.29) is 47.2 Å². The zero-order valence-corrected chi connectivity index (χ0v) is 44.4. The van der Waals surface area contributed by atoms with Crippen LogP contribution < -0.4 is 0 Å². The van der Waals surface area contributed by atoms with Gasteiger partial charge in [0.1, 0.15) is 91.6 Å². The third-order valence-electron chi connectivity index (χ3n) is 21.1. The molecule has 22 nitrogen and oxygen atoms in total. The predicted octanol–water partition coefficient (Wildman–Crippen LogP) is -1.95. The van der Waals surface area contributed by atoms with Crippen molar-refractivity contribution in [2.24, 2.45) is 50.2 Å². The molecular weight excluding hydrogens is 989 g/mol. The standard InChI is InChI=1S/C53H88O22/c1-48(2)14-15-53(22-71-46-42(66)37(61)34(58)26(18-54)72-46)24(16-48)23-8-9-30-50(5)12-11-32(49(3,4)29(50)10-13-51(30,6)52(23,7)17-31(53)56)75-47-43(67)39(63)36(60)28(74-47)21-70-45-41(65)38(62)35(59)27(73-45)20-69-44-40(64)33(57)25(55)19-68-44/h8,24-47,54-67H,9-22H2,1-7H3/t24-,25+,26+,27+,28+,29?,30?,31-,32-,33-,34+,35+,36+,37-,38-,39-,40+,41+,42+,43+,44-,45+,46+,47-,50-,51+,52+,53+/m0/s1. The Kier molecular flexibility index (Phi) is 16.6. The highest BCUT2D eigenvalue weighted by Crippen LogP contribution is 2.76. The number of ether oxygens (including phenoxy) is 8. The number of aliphatic hydroxyl groups is 14. The summed E-state index contributed by atoms with van der Waals surface area (Å²) in [5.74, 6) is 0.292. The van der Waals surface area contributed by atoms with E-state index in [0.717, 1.165) is 38.5 Å². The first-order chi connectivity index (χ1) is 35.1. The number of hydrogen-bond acceptors (Lipinski definition) is 22. The van der Waals surface area contributed by atoms with Crippen molar-refractivity contribution in [3.8, 4) is 0 Å². The van der Waals surface area contributed by atoms with Crippen molar-refractivity contribution in [3.05, 3.63) is 11.6 Å². The van der Waals surface area contributed by atoms with Crippen molar-refractivity contribution in [2.75, 3.05) is 33.0 Å². The van der Waals surface area contributed by atoms with E-state index in [1.54, 1.807) is 0 Å². The van der Waals surface area contributed by atoms with Gasteiger partial charge in [0.25, 0.3) is 0 Å². The molecule has 8 fully saturated rings. The van der Waals surface area contributed by atoms with Crippen LogP contribution in [0.4, 0.5) is 0 Å². The molecule has 0 spiro atoms. The molecule has 4 heterocycles. The normalized spacial score (nSPS) is 54.7. The van der Waals surface area contributed by atoms with Crippen molar-refractivity contribution in [1.29, 1.82) is 0 Å². The molecule has 432 valence electrons. The van der Waals surface area contributed by atoms with E-state index in [1.807, 2.05) is 0 Å². The van der Waals surface area contributed by atoms with Gasteiger partial charge in [-0.15, -0.1) is 0 Å². The first-order valence-electron chi connectivity index (χ1n) is 27.3. The van der Waals surface area contributed by atoms with Crippen LogP contribution in [0.15, 0.2) is 11.6 Å². The van der Waals surface area contributed by atoms with Gasteiger partial charge < -0.3 is 109 Å². The number of allylic oxidation sites excluding steroid dienone is 2. The van der Waals surface area contributed by atoms with Crippen LogP contribution in [0.25, 0.3) is 0 Å². The molecule has 4 saturated heterocycles. The minimum atomic E-state index is -1.80. The van der Waals surface area contributed by atoms with Crippen molar-refractivity contribution in [2.45, 2.75) is 235 Å². The van der Waals surface area contributed by atoms with Gasteiger partial charge in [0.2, 0.25) is 0 Å². The molecule has 5 aliphatic carbocycles. The van der Waals surface area contributed by atoms with Gasteiger partial charge in [-0.25, -0.2) is 0 Å². The maximum atomic E-state index is 12.7. The van der Waals surface area contributed by atoms with Gasteiger partial charge in [0.15, 0.2) is 25.2 Å². The van der Waals surface area contributed by atoms with Gasteiger partial charge in [-0.3, -0.25) is 0 Å². The SMILES string of the molecule is CC1(C)CC[C@]2(CO[C@@H]3O[C@H](CO)[C@@H](O)[C@H](O)[C@H]3O)[C@@H](O)C[C@]3(C)C(=CCC4[C@@]5(C)CC[C@H](O[C@@H]6O[C@H](CO[C@@H]7O[C@H](CO[C@@H]8OC[C@@H](O)[C@H](O)[C@H]8O)[C@@H](O)[C@H](O)[C@H]7O)[C@@H](O)[C@H](O)[C@H]6O)C(C)(C)C5CC[C@]43C)[C@@H]2C1. The third kappa shape index (κ3) is 9.84. The molecule has 9 aliphatic rings. The summed E-state index contributed by atoms with van der Waals surface area (Å²) in [7, 11) is 0. The highest BCUT2D eigenvalue weighted by Gasteiger charge is 2.70. The van der Waals surface area contributed by atoms with Gasteiger partial charge in [0.05, 0.1) is 45.2 Å². The molecule has 0 aromatic heterocycles. The van der Waals surface area contributed by atoms with Crippen LogP contribution >= 0.6 is 0 Å². The summed E-state index contributed by atoms with van der Waals surface area (Å²) < 4.78 is 47.3. The Hall–Kier alpha value is -1.14.